The fraction of sp³-hybridized carbons (Fsp3) is 0.815. The third-order valence-electron chi connectivity index (χ3n) is 6.99. The van der Waals surface area contributed by atoms with E-state index in [-0.39, 0.29) is 47.7 Å². The highest BCUT2D eigenvalue weighted by Crippen LogP contribution is 2.26. The minimum atomic E-state index is -0.632. The summed E-state index contributed by atoms with van der Waals surface area (Å²) >= 11 is 0. The number of nitrogens with one attached hydrogen (secondary N) is 1. The summed E-state index contributed by atoms with van der Waals surface area (Å²) in [7, 11) is 1.75. The first-order valence-electron chi connectivity index (χ1n) is 13.0. The molecule has 0 radical (unpaired) electrons. The van der Waals surface area contributed by atoms with Crippen molar-refractivity contribution in [1.82, 2.24) is 15.1 Å². The van der Waals surface area contributed by atoms with Gasteiger partial charge in [0, 0.05) is 25.2 Å². The van der Waals surface area contributed by atoms with E-state index in [9.17, 15) is 14.4 Å². The summed E-state index contributed by atoms with van der Waals surface area (Å²) in [4.78, 5) is 43.1. The van der Waals surface area contributed by atoms with Crippen LogP contribution in [0.1, 0.15) is 81.6 Å². The molecule has 1 aliphatic heterocycles. The molecule has 1 heterocycles. The van der Waals surface area contributed by atoms with E-state index < -0.39 is 6.04 Å². The predicted molar refractivity (Wildman–Crippen MR) is 137 cm³/mol. The molecule has 7 nitrogen and oxygen atoms in total. The van der Waals surface area contributed by atoms with Gasteiger partial charge in [0.1, 0.15) is 6.04 Å². The maximum Gasteiger partial charge on any atom is 0.333 e. The zero-order valence-electron chi connectivity index (χ0n) is 23.2. The number of piperidine rings is 1. The zero-order chi connectivity index (χ0) is 26.2. The Bertz CT molecular complexity index is 717. The van der Waals surface area contributed by atoms with E-state index in [1.165, 1.54) is 0 Å². The highest BCUT2D eigenvalue weighted by Gasteiger charge is 2.37. The maximum atomic E-state index is 13.6. The SMILES string of the molecule is CCOC(=O)/C(C)=C/[C@H](C(C)C)N(C)C(=O)[C@@H](NC(=O)C1CC[C@H](CC)CN1C(C)C)C(C)C. The number of likely N-dealkylation sites (tertiary alicyclic amines) is 1. The number of likely N-dealkylation sites (N-methyl/N-ethyl adjacent to an activating group) is 1. The van der Waals surface area contributed by atoms with E-state index in [0.717, 1.165) is 25.8 Å². The van der Waals surface area contributed by atoms with E-state index in [2.05, 4.69) is 31.0 Å². The first-order chi connectivity index (χ1) is 15.8. The average molecular weight is 480 g/mol. The van der Waals surface area contributed by atoms with Gasteiger partial charge in [-0.05, 0) is 58.3 Å². The van der Waals surface area contributed by atoms with Crippen LogP contribution in [0.4, 0.5) is 0 Å². The van der Waals surface area contributed by atoms with E-state index >= 15 is 0 Å². The summed E-state index contributed by atoms with van der Waals surface area (Å²) in [6.45, 7) is 19.1. The lowest BCUT2D eigenvalue weighted by Crippen LogP contribution is -2.59. The summed E-state index contributed by atoms with van der Waals surface area (Å²) in [5.41, 5.74) is 0.477. The average Bonchev–Trinajstić information content (AvgIpc) is 2.78. The lowest BCUT2D eigenvalue weighted by atomic mass is 9.89. The number of nitrogens with zero attached hydrogens (tertiary/aromatic N) is 2. The normalized spacial score (nSPS) is 21.5. The number of esters is 1. The van der Waals surface area contributed by atoms with Crippen LogP contribution in [0.5, 0.6) is 0 Å². The molecule has 0 aliphatic carbocycles. The quantitative estimate of drug-likeness (QED) is 0.358. The molecule has 34 heavy (non-hydrogen) atoms. The largest absolute Gasteiger partial charge is 0.463 e. The minimum absolute atomic E-state index is 0.0666. The molecule has 0 saturated carbocycles. The van der Waals surface area contributed by atoms with Crippen LogP contribution in [-0.2, 0) is 19.1 Å². The fourth-order valence-corrected chi connectivity index (χ4v) is 4.71. The molecule has 0 aromatic rings. The van der Waals surface area contributed by atoms with Gasteiger partial charge in [-0.1, -0.05) is 47.1 Å². The number of carbonyl (C=O) groups excluding carboxylic acids is 3. The van der Waals surface area contributed by atoms with Crippen molar-refractivity contribution in [3.8, 4) is 0 Å². The molecule has 1 N–H and O–H groups in total. The second-order valence-corrected chi connectivity index (χ2v) is 10.6. The molecule has 1 fully saturated rings. The van der Waals surface area contributed by atoms with Gasteiger partial charge in [-0.3, -0.25) is 14.5 Å². The van der Waals surface area contributed by atoms with Crippen LogP contribution in [-0.4, -0.2) is 72.0 Å². The van der Waals surface area contributed by atoms with Crippen LogP contribution in [0.25, 0.3) is 0 Å². The Balaban J connectivity index is 3.07. The van der Waals surface area contributed by atoms with Crippen molar-refractivity contribution in [3.05, 3.63) is 11.6 Å². The number of ether oxygens (including phenoxy) is 1. The van der Waals surface area contributed by atoms with E-state index in [0.29, 0.717) is 18.1 Å². The Hall–Kier alpha value is -1.89. The van der Waals surface area contributed by atoms with E-state index in [1.54, 1.807) is 31.9 Å². The first-order valence-corrected chi connectivity index (χ1v) is 13.0. The van der Waals surface area contributed by atoms with Crippen molar-refractivity contribution in [2.24, 2.45) is 17.8 Å². The molecule has 196 valence electrons. The molecule has 0 bridgehead atoms. The Morgan fingerprint density at radius 3 is 2.15 bits per heavy atom. The zero-order valence-corrected chi connectivity index (χ0v) is 23.2. The van der Waals surface area contributed by atoms with Gasteiger partial charge in [-0.15, -0.1) is 0 Å². The highest BCUT2D eigenvalue weighted by atomic mass is 16.5. The first kappa shape index (κ1) is 30.1. The standard InChI is InChI=1S/C27H49N3O4/c1-11-21-13-14-22(30(16-21)19(7)8)25(31)28-24(18(5)6)26(32)29(10)23(17(3)4)15-20(9)27(33)34-12-2/h15,17-19,21-24H,11-14,16H2,1-10H3,(H,28,31)/b20-15+/t21-,22?,23+,24-/m0/s1. The maximum absolute atomic E-state index is 13.6. The fourth-order valence-electron chi connectivity index (χ4n) is 4.71. The molecule has 1 aliphatic rings. The van der Waals surface area contributed by atoms with Gasteiger partial charge in [-0.2, -0.15) is 0 Å². The van der Waals surface area contributed by atoms with Crippen LogP contribution >= 0.6 is 0 Å². The van der Waals surface area contributed by atoms with Crippen molar-refractivity contribution in [3.63, 3.8) is 0 Å². The van der Waals surface area contributed by atoms with Gasteiger partial charge in [0.05, 0.1) is 18.7 Å². The molecule has 0 spiro atoms. The molecule has 2 amide bonds. The van der Waals surface area contributed by atoms with Crippen molar-refractivity contribution in [1.29, 1.82) is 0 Å². The third-order valence-corrected chi connectivity index (χ3v) is 6.99. The number of rotatable bonds is 11. The summed E-state index contributed by atoms with van der Waals surface area (Å²) in [6.07, 6.45) is 4.76. The second-order valence-electron chi connectivity index (χ2n) is 10.6. The van der Waals surface area contributed by atoms with Crippen LogP contribution in [0.15, 0.2) is 11.6 Å². The lowest BCUT2D eigenvalue weighted by molar-refractivity contribution is -0.141. The molecule has 0 aromatic heterocycles. The number of carbonyl (C=O) groups is 3. The molecular formula is C27H49N3O4. The van der Waals surface area contributed by atoms with E-state index in [1.807, 2.05) is 27.7 Å². The summed E-state index contributed by atoms with van der Waals surface area (Å²) in [5.74, 6) is 0.0424. The topological polar surface area (TPSA) is 79.0 Å². The van der Waals surface area contributed by atoms with Crippen molar-refractivity contribution in [2.75, 3.05) is 20.2 Å². The molecule has 0 aromatic carbocycles. The molecular weight excluding hydrogens is 430 g/mol. The van der Waals surface area contributed by atoms with Gasteiger partial charge >= 0.3 is 5.97 Å². The molecule has 1 unspecified atom stereocenters. The Kier molecular flexibility index (Phi) is 12.3. The van der Waals surface area contributed by atoms with E-state index in [4.69, 9.17) is 4.74 Å². The Morgan fingerprint density at radius 1 is 1.06 bits per heavy atom. The number of hydrogen-bond donors (Lipinski definition) is 1. The van der Waals surface area contributed by atoms with Gasteiger partial charge in [0.25, 0.3) is 0 Å². The van der Waals surface area contributed by atoms with Crippen molar-refractivity contribution >= 4 is 17.8 Å². The highest BCUT2D eigenvalue weighted by molar-refractivity contribution is 5.91. The Morgan fingerprint density at radius 2 is 1.68 bits per heavy atom. The van der Waals surface area contributed by atoms with Gasteiger partial charge < -0.3 is 15.0 Å². The molecule has 7 heteroatoms. The third kappa shape index (κ3) is 8.10. The van der Waals surface area contributed by atoms with Crippen molar-refractivity contribution < 1.29 is 19.1 Å². The van der Waals surface area contributed by atoms with Crippen LogP contribution in [0, 0.1) is 17.8 Å². The number of hydrogen-bond acceptors (Lipinski definition) is 5. The predicted octanol–water partition coefficient (Wildman–Crippen LogP) is 4.02. The van der Waals surface area contributed by atoms with Crippen LogP contribution in [0.2, 0.25) is 0 Å². The van der Waals surface area contributed by atoms with Crippen molar-refractivity contribution in [2.45, 2.75) is 106 Å². The Labute approximate surface area is 207 Å². The number of amides is 2. The van der Waals surface area contributed by atoms with Gasteiger partial charge in [0.15, 0.2) is 0 Å². The second kappa shape index (κ2) is 13.9. The summed E-state index contributed by atoms with van der Waals surface area (Å²) < 4.78 is 5.10. The smallest absolute Gasteiger partial charge is 0.333 e. The molecule has 4 atom stereocenters. The van der Waals surface area contributed by atoms with Gasteiger partial charge in [-0.25, -0.2) is 4.79 Å². The van der Waals surface area contributed by atoms with Gasteiger partial charge in [0.2, 0.25) is 11.8 Å². The molecule has 1 rings (SSSR count). The molecule has 1 saturated heterocycles. The van der Waals surface area contributed by atoms with Crippen LogP contribution in [0.3, 0.4) is 0 Å². The monoisotopic (exact) mass is 479 g/mol. The summed E-state index contributed by atoms with van der Waals surface area (Å²) in [5, 5.41) is 3.09. The van der Waals surface area contributed by atoms with Crippen LogP contribution < -0.4 is 5.32 Å². The minimum Gasteiger partial charge on any atom is -0.463 e. The lowest BCUT2D eigenvalue weighted by Gasteiger charge is -2.42. The summed E-state index contributed by atoms with van der Waals surface area (Å²) in [6, 6.07) is -0.869.